The Morgan fingerprint density at radius 2 is 1.91 bits per heavy atom. The van der Waals surface area contributed by atoms with Crippen LogP contribution in [0.5, 0.6) is 5.75 Å². The lowest BCUT2D eigenvalue weighted by Crippen LogP contribution is -2.26. The molecule has 0 spiro atoms. The third-order valence-corrected chi connectivity index (χ3v) is 5.30. The molecule has 0 saturated carbocycles. The van der Waals surface area contributed by atoms with Crippen LogP contribution >= 0.6 is 12.4 Å². The number of aliphatic hydroxyl groups is 1. The number of anilines is 1. The Morgan fingerprint density at radius 3 is 2.64 bits per heavy atom. The molecule has 0 aliphatic heterocycles. The normalized spacial score (nSPS) is 11.9. The summed E-state index contributed by atoms with van der Waals surface area (Å²) in [5.41, 5.74) is 2.82. The Labute approximate surface area is 199 Å². The van der Waals surface area contributed by atoms with Crippen LogP contribution in [0, 0.1) is 5.92 Å². The Hall–Kier alpha value is -2.87. The molecular formula is C25H32ClN3O4. The van der Waals surface area contributed by atoms with Gasteiger partial charge in [0.1, 0.15) is 5.75 Å². The average molecular weight is 474 g/mol. The topological polar surface area (TPSA) is 114 Å². The number of benzene rings is 2. The fourth-order valence-electron chi connectivity index (χ4n) is 3.79. The number of rotatable bonds is 10. The van der Waals surface area contributed by atoms with Crippen molar-refractivity contribution in [3.05, 3.63) is 70.0 Å². The number of H-pyrrole nitrogens is 1. The van der Waals surface area contributed by atoms with Crippen molar-refractivity contribution in [3.8, 4) is 5.75 Å². The summed E-state index contributed by atoms with van der Waals surface area (Å²) < 4.78 is 0. The minimum atomic E-state index is -0.328. The van der Waals surface area contributed by atoms with Gasteiger partial charge in [-0.25, -0.2) is 0 Å². The number of hydrogen-bond acceptors (Lipinski definition) is 5. The number of aromatic amines is 1. The number of fused-ring (bicyclic) bond motifs is 1. The summed E-state index contributed by atoms with van der Waals surface area (Å²) in [7, 11) is 0. The zero-order chi connectivity index (χ0) is 23.1. The Balaban J connectivity index is 0.00000385. The molecule has 3 rings (SSSR count). The molecule has 178 valence electrons. The van der Waals surface area contributed by atoms with Gasteiger partial charge < -0.3 is 25.8 Å². The highest BCUT2D eigenvalue weighted by Gasteiger charge is 2.15. The number of amides is 1. The number of aromatic nitrogens is 1. The zero-order valence-electron chi connectivity index (χ0n) is 18.9. The molecule has 3 aromatic rings. The van der Waals surface area contributed by atoms with Crippen molar-refractivity contribution in [1.82, 2.24) is 10.3 Å². The van der Waals surface area contributed by atoms with E-state index in [1.54, 1.807) is 12.1 Å². The Morgan fingerprint density at radius 1 is 1.12 bits per heavy atom. The molecule has 0 radical (unpaired) electrons. The van der Waals surface area contributed by atoms with Crippen molar-refractivity contribution in [2.75, 3.05) is 18.5 Å². The maximum Gasteiger partial charge on any atom is 0.248 e. The number of phenolic OH excluding ortho intramolecular Hbond substituents is 1. The maximum atomic E-state index is 12.0. The van der Waals surface area contributed by atoms with Gasteiger partial charge in [0.05, 0.1) is 18.2 Å². The lowest BCUT2D eigenvalue weighted by molar-refractivity contribution is -0.116. The third-order valence-electron chi connectivity index (χ3n) is 5.30. The maximum absolute atomic E-state index is 12.0. The van der Waals surface area contributed by atoms with Gasteiger partial charge in [-0.05, 0) is 60.7 Å². The number of phenols is 1. The van der Waals surface area contributed by atoms with Crippen LogP contribution in [0.25, 0.3) is 10.9 Å². The summed E-state index contributed by atoms with van der Waals surface area (Å²) in [6, 6.07) is 13.9. The molecule has 1 unspecified atom stereocenters. The highest BCUT2D eigenvalue weighted by Crippen LogP contribution is 2.28. The van der Waals surface area contributed by atoms with Gasteiger partial charge in [-0.15, -0.1) is 12.4 Å². The first-order valence-electron chi connectivity index (χ1n) is 11.0. The molecule has 1 aromatic heterocycles. The summed E-state index contributed by atoms with van der Waals surface area (Å²) >= 11 is 0. The monoisotopic (exact) mass is 473 g/mol. The van der Waals surface area contributed by atoms with Crippen LogP contribution in [0.2, 0.25) is 0 Å². The van der Waals surface area contributed by atoms with Crippen LogP contribution in [0.15, 0.2) is 53.3 Å². The lowest BCUT2D eigenvalue weighted by atomic mass is 10.0. The minimum absolute atomic E-state index is 0. The van der Waals surface area contributed by atoms with Crippen LogP contribution in [-0.4, -0.2) is 34.3 Å². The minimum Gasteiger partial charge on any atom is -0.506 e. The van der Waals surface area contributed by atoms with Crippen LogP contribution in [0.1, 0.15) is 43.9 Å². The standard InChI is InChI=1S/C25H31N3O4.ClH/c1-16(2)13-24(32)27-18-7-3-5-17(14-18)6-4-12-26-21(15-29)19-8-10-22(30)25-20(19)9-11-23(31)28-25;/h3,5,7-11,14,16,21,26,29-30H,4,6,12-13,15H2,1-2H3,(H,27,32)(H,28,31);1H. The quantitative estimate of drug-likeness (QED) is 0.286. The second kappa shape index (κ2) is 12.4. The molecule has 5 N–H and O–H groups in total. The molecule has 2 aromatic carbocycles. The molecule has 1 heterocycles. The van der Waals surface area contributed by atoms with Crippen LogP contribution in [0.3, 0.4) is 0 Å². The predicted octanol–water partition coefficient (Wildman–Crippen LogP) is 3.90. The molecule has 0 saturated heterocycles. The molecule has 0 aliphatic rings. The largest absolute Gasteiger partial charge is 0.506 e. The first-order chi connectivity index (χ1) is 15.4. The van der Waals surface area contributed by atoms with Crippen molar-refractivity contribution in [2.24, 2.45) is 5.92 Å². The number of aryl methyl sites for hydroxylation is 1. The smallest absolute Gasteiger partial charge is 0.248 e. The number of carbonyl (C=O) groups excluding carboxylic acids is 1. The molecule has 33 heavy (non-hydrogen) atoms. The van der Waals surface area contributed by atoms with Gasteiger partial charge in [0.15, 0.2) is 0 Å². The van der Waals surface area contributed by atoms with E-state index in [9.17, 15) is 19.8 Å². The van der Waals surface area contributed by atoms with Crippen molar-refractivity contribution >= 4 is 34.9 Å². The molecule has 1 amide bonds. The number of aliphatic hydroxyl groups excluding tert-OH is 1. The van der Waals surface area contributed by atoms with E-state index in [4.69, 9.17) is 0 Å². The lowest BCUT2D eigenvalue weighted by Gasteiger charge is -2.19. The zero-order valence-corrected chi connectivity index (χ0v) is 19.7. The van der Waals surface area contributed by atoms with Gasteiger partial charge in [0, 0.05) is 23.6 Å². The van der Waals surface area contributed by atoms with Crippen molar-refractivity contribution < 1.29 is 15.0 Å². The van der Waals surface area contributed by atoms with E-state index in [0.717, 1.165) is 29.7 Å². The molecule has 8 heteroatoms. The van der Waals surface area contributed by atoms with E-state index < -0.39 is 0 Å². The molecule has 0 aliphatic carbocycles. The van der Waals surface area contributed by atoms with Gasteiger partial charge in [-0.3, -0.25) is 9.59 Å². The number of nitrogens with one attached hydrogen (secondary N) is 3. The van der Waals surface area contributed by atoms with Crippen LogP contribution < -0.4 is 16.2 Å². The number of halogens is 1. The van der Waals surface area contributed by atoms with Gasteiger partial charge in [-0.2, -0.15) is 0 Å². The van der Waals surface area contributed by atoms with Crippen LogP contribution in [-0.2, 0) is 11.2 Å². The molecule has 7 nitrogen and oxygen atoms in total. The summed E-state index contributed by atoms with van der Waals surface area (Å²) in [6.07, 6.45) is 2.16. The second-order valence-electron chi connectivity index (χ2n) is 8.42. The van der Waals surface area contributed by atoms with Gasteiger partial charge in [0.25, 0.3) is 0 Å². The average Bonchev–Trinajstić information content (AvgIpc) is 2.74. The van der Waals surface area contributed by atoms with E-state index in [1.807, 2.05) is 38.1 Å². The van der Waals surface area contributed by atoms with E-state index in [0.29, 0.717) is 29.8 Å². The summed E-state index contributed by atoms with van der Waals surface area (Å²) in [5.74, 6) is 0.334. The Kier molecular flexibility index (Phi) is 9.91. The van der Waals surface area contributed by atoms with Gasteiger partial charge in [-0.1, -0.05) is 32.0 Å². The fraction of sp³-hybridized carbons (Fsp3) is 0.360. The van der Waals surface area contributed by atoms with Gasteiger partial charge in [0.2, 0.25) is 11.5 Å². The fourth-order valence-corrected chi connectivity index (χ4v) is 3.79. The summed E-state index contributed by atoms with van der Waals surface area (Å²) in [6.45, 7) is 4.59. The Bertz CT molecular complexity index is 1130. The van der Waals surface area contributed by atoms with Crippen molar-refractivity contribution in [2.45, 2.75) is 39.2 Å². The number of carbonyl (C=O) groups is 1. The first-order valence-corrected chi connectivity index (χ1v) is 11.0. The molecule has 0 bridgehead atoms. The SMILES string of the molecule is CC(C)CC(=O)Nc1cccc(CCCNC(CO)c2ccc(O)c3[nH]c(=O)ccc23)c1.Cl. The number of pyridine rings is 1. The summed E-state index contributed by atoms with van der Waals surface area (Å²) in [5, 5.41) is 27.0. The predicted molar refractivity (Wildman–Crippen MR) is 134 cm³/mol. The summed E-state index contributed by atoms with van der Waals surface area (Å²) in [4.78, 5) is 26.2. The highest BCUT2D eigenvalue weighted by molar-refractivity contribution is 5.91. The molecular weight excluding hydrogens is 442 g/mol. The van der Waals surface area contributed by atoms with Gasteiger partial charge >= 0.3 is 0 Å². The second-order valence-corrected chi connectivity index (χ2v) is 8.42. The number of aromatic hydroxyl groups is 1. The number of hydrogen-bond donors (Lipinski definition) is 5. The third kappa shape index (κ3) is 7.32. The molecule has 0 fully saturated rings. The van der Waals surface area contributed by atoms with E-state index in [2.05, 4.69) is 15.6 Å². The van der Waals surface area contributed by atoms with E-state index in [1.165, 1.54) is 12.1 Å². The van der Waals surface area contributed by atoms with Crippen molar-refractivity contribution in [1.29, 1.82) is 0 Å². The highest BCUT2D eigenvalue weighted by atomic mass is 35.5. The van der Waals surface area contributed by atoms with E-state index >= 15 is 0 Å². The van der Waals surface area contributed by atoms with Crippen molar-refractivity contribution in [3.63, 3.8) is 0 Å². The van der Waals surface area contributed by atoms with Crippen LogP contribution in [0.4, 0.5) is 5.69 Å². The first kappa shape index (κ1) is 26.4. The van der Waals surface area contributed by atoms with E-state index in [-0.39, 0.29) is 42.3 Å². The molecule has 1 atom stereocenters.